The molecule has 112 valence electrons. The minimum atomic E-state index is 0.747. The SMILES string of the molecule is CCC1CCN(CC2CCC(C)CC2)CC(C)CN1. The van der Waals surface area contributed by atoms with Gasteiger partial charge < -0.3 is 10.2 Å². The van der Waals surface area contributed by atoms with Crippen molar-refractivity contribution in [1.82, 2.24) is 10.2 Å². The lowest BCUT2D eigenvalue weighted by Gasteiger charge is -2.36. The summed E-state index contributed by atoms with van der Waals surface area (Å²) < 4.78 is 0. The molecule has 0 amide bonds. The van der Waals surface area contributed by atoms with Gasteiger partial charge in [0.2, 0.25) is 0 Å². The fraction of sp³-hybridized carbons (Fsp3) is 1.00. The van der Waals surface area contributed by atoms with Crippen LogP contribution in [0.15, 0.2) is 0 Å². The molecule has 1 heterocycles. The van der Waals surface area contributed by atoms with E-state index in [2.05, 4.69) is 31.0 Å². The molecular weight excluding hydrogens is 232 g/mol. The highest BCUT2D eigenvalue weighted by atomic mass is 15.1. The van der Waals surface area contributed by atoms with Crippen molar-refractivity contribution < 1.29 is 0 Å². The van der Waals surface area contributed by atoms with Crippen LogP contribution in [0.1, 0.15) is 59.3 Å². The Balaban J connectivity index is 1.80. The monoisotopic (exact) mass is 266 g/mol. The van der Waals surface area contributed by atoms with E-state index in [0.29, 0.717) is 0 Å². The van der Waals surface area contributed by atoms with E-state index in [1.165, 1.54) is 64.7 Å². The molecule has 0 radical (unpaired) electrons. The average Bonchev–Trinajstić information content (AvgIpc) is 2.39. The number of nitrogens with one attached hydrogen (secondary N) is 1. The maximum Gasteiger partial charge on any atom is 0.00767 e. The van der Waals surface area contributed by atoms with Gasteiger partial charge in [0.05, 0.1) is 0 Å². The molecule has 0 bridgehead atoms. The second kappa shape index (κ2) is 7.64. The predicted molar refractivity (Wildman–Crippen MR) is 83.4 cm³/mol. The Morgan fingerprint density at radius 3 is 2.42 bits per heavy atom. The van der Waals surface area contributed by atoms with Crippen LogP contribution >= 0.6 is 0 Å². The third-order valence-electron chi connectivity index (χ3n) is 5.26. The summed E-state index contributed by atoms with van der Waals surface area (Å²) in [7, 11) is 0. The van der Waals surface area contributed by atoms with Gasteiger partial charge in [-0.2, -0.15) is 0 Å². The van der Waals surface area contributed by atoms with Gasteiger partial charge in [-0.05, 0) is 56.5 Å². The lowest BCUT2D eigenvalue weighted by atomic mass is 9.82. The van der Waals surface area contributed by atoms with E-state index < -0.39 is 0 Å². The van der Waals surface area contributed by atoms with Crippen LogP contribution in [0, 0.1) is 17.8 Å². The van der Waals surface area contributed by atoms with Crippen molar-refractivity contribution in [2.45, 2.75) is 65.3 Å². The van der Waals surface area contributed by atoms with E-state index in [0.717, 1.165) is 23.8 Å². The maximum absolute atomic E-state index is 3.72. The Morgan fingerprint density at radius 2 is 1.74 bits per heavy atom. The third-order valence-corrected chi connectivity index (χ3v) is 5.26. The largest absolute Gasteiger partial charge is 0.314 e. The Kier molecular flexibility index (Phi) is 6.15. The number of hydrogen-bond acceptors (Lipinski definition) is 2. The zero-order valence-corrected chi connectivity index (χ0v) is 13.3. The van der Waals surface area contributed by atoms with E-state index in [9.17, 15) is 0 Å². The molecule has 0 aromatic carbocycles. The molecule has 0 aromatic rings. The van der Waals surface area contributed by atoms with Crippen molar-refractivity contribution >= 4 is 0 Å². The first-order chi connectivity index (χ1) is 9.17. The van der Waals surface area contributed by atoms with Crippen molar-refractivity contribution in [1.29, 1.82) is 0 Å². The molecule has 0 aromatic heterocycles. The van der Waals surface area contributed by atoms with Crippen molar-refractivity contribution in [3.63, 3.8) is 0 Å². The van der Waals surface area contributed by atoms with Crippen molar-refractivity contribution in [2.24, 2.45) is 17.8 Å². The Bertz CT molecular complexity index is 246. The molecule has 2 atom stereocenters. The molecule has 1 saturated heterocycles. The molecule has 0 spiro atoms. The Labute approximate surface area is 120 Å². The average molecular weight is 266 g/mol. The maximum atomic E-state index is 3.72. The second-order valence-corrected chi connectivity index (χ2v) is 7.29. The van der Waals surface area contributed by atoms with Crippen molar-refractivity contribution in [3.05, 3.63) is 0 Å². The quantitative estimate of drug-likeness (QED) is 0.841. The smallest absolute Gasteiger partial charge is 0.00767 e. The van der Waals surface area contributed by atoms with Crippen LogP contribution in [0.3, 0.4) is 0 Å². The van der Waals surface area contributed by atoms with Gasteiger partial charge in [-0.1, -0.05) is 33.6 Å². The van der Waals surface area contributed by atoms with Crippen molar-refractivity contribution in [2.75, 3.05) is 26.2 Å². The zero-order chi connectivity index (χ0) is 13.7. The molecule has 1 N–H and O–H groups in total. The molecule has 1 aliphatic carbocycles. The van der Waals surface area contributed by atoms with Gasteiger partial charge in [0.1, 0.15) is 0 Å². The van der Waals surface area contributed by atoms with Gasteiger partial charge in [-0.3, -0.25) is 0 Å². The summed E-state index contributed by atoms with van der Waals surface area (Å²) in [6.07, 6.45) is 8.50. The zero-order valence-electron chi connectivity index (χ0n) is 13.3. The Morgan fingerprint density at radius 1 is 1.00 bits per heavy atom. The minimum absolute atomic E-state index is 0.747. The molecule has 1 aliphatic heterocycles. The normalized spacial score (nSPS) is 38.7. The Hall–Kier alpha value is -0.0800. The summed E-state index contributed by atoms with van der Waals surface area (Å²) >= 11 is 0. The minimum Gasteiger partial charge on any atom is -0.314 e. The first kappa shape index (κ1) is 15.3. The molecule has 2 rings (SSSR count). The summed E-state index contributed by atoms with van der Waals surface area (Å²) in [4.78, 5) is 2.77. The molecule has 1 saturated carbocycles. The summed E-state index contributed by atoms with van der Waals surface area (Å²) in [5, 5.41) is 3.72. The number of nitrogens with zero attached hydrogens (tertiary/aromatic N) is 1. The number of rotatable bonds is 3. The fourth-order valence-corrected chi connectivity index (χ4v) is 3.80. The van der Waals surface area contributed by atoms with E-state index in [-0.39, 0.29) is 0 Å². The van der Waals surface area contributed by atoms with Crippen LogP contribution in [-0.2, 0) is 0 Å². The molecular formula is C17H34N2. The predicted octanol–water partition coefficient (Wildman–Crippen LogP) is 3.52. The van der Waals surface area contributed by atoms with E-state index in [1.54, 1.807) is 0 Å². The van der Waals surface area contributed by atoms with Gasteiger partial charge in [-0.15, -0.1) is 0 Å². The fourth-order valence-electron chi connectivity index (χ4n) is 3.80. The van der Waals surface area contributed by atoms with E-state index in [4.69, 9.17) is 0 Å². The molecule has 2 unspecified atom stereocenters. The molecule has 19 heavy (non-hydrogen) atoms. The van der Waals surface area contributed by atoms with E-state index >= 15 is 0 Å². The third kappa shape index (κ3) is 5.07. The van der Waals surface area contributed by atoms with Crippen LogP contribution < -0.4 is 5.32 Å². The topological polar surface area (TPSA) is 15.3 Å². The van der Waals surface area contributed by atoms with Gasteiger partial charge in [0.15, 0.2) is 0 Å². The van der Waals surface area contributed by atoms with Crippen LogP contribution in [0.5, 0.6) is 0 Å². The summed E-state index contributed by atoms with van der Waals surface area (Å²) in [5.74, 6) is 2.77. The molecule has 2 heteroatoms. The van der Waals surface area contributed by atoms with Gasteiger partial charge in [-0.25, -0.2) is 0 Å². The lowest BCUT2D eigenvalue weighted by molar-refractivity contribution is 0.147. The first-order valence-electron chi connectivity index (χ1n) is 8.63. The van der Waals surface area contributed by atoms with Crippen LogP contribution in [0.4, 0.5) is 0 Å². The van der Waals surface area contributed by atoms with Crippen LogP contribution in [-0.4, -0.2) is 37.1 Å². The van der Waals surface area contributed by atoms with Gasteiger partial charge in [0, 0.05) is 19.1 Å². The highest BCUT2D eigenvalue weighted by Crippen LogP contribution is 2.29. The second-order valence-electron chi connectivity index (χ2n) is 7.29. The van der Waals surface area contributed by atoms with E-state index in [1.807, 2.05) is 0 Å². The summed E-state index contributed by atoms with van der Waals surface area (Å²) in [6, 6.07) is 0.747. The highest BCUT2D eigenvalue weighted by Gasteiger charge is 2.23. The molecule has 2 nitrogen and oxygen atoms in total. The standard InChI is InChI=1S/C17H34N2/c1-4-17-9-10-19(12-15(3)11-18-17)13-16-7-5-14(2)6-8-16/h14-18H,4-13H2,1-3H3. The lowest BCUT2D eigenvalue weighted by Crippen LogP contribution is -2.45. The van der Waals surface area contributed by atoms with Crippen molar-refractivity contribution in [3.8, 4) is 0 Å². The summed E-state index contributed by atoms with van der Waals surface area (Å²) in [6.45, 7) is 12.3. The molecule has 2 aliphatic rings. The van der Waals surface area contributed by atoms with Gasteiger partial charge >= 0.3 is 0 Å². The summed E-state index contributed by atoms with van der Waals surface area (Å²) in [5.41, 5.74) is 0. The highest BCUT2D eigenvalue weighted by molar-refractivity contribution is 4.79. The molecule has 2 fully saturated rings. The number of hydrogen-bond donors (Lipinski definition) is 1. The van der Waals surface area contributed by atoms with Crippen LogP contribution in [0.2, 0.25) is 0 Å². The first-order valence-corrected chi connectivity index (χ1v) is 8.63. The van der Waals surface area contributed by atoms with Gasteiger partial charge in [0.25, 0.3) is 0 Å². The van der Waals surface area contributed by atoms with Crippen LogP contribution in [0.25, 0.3) is 0 Å².